The summed E-state index contributed by atoms with van der Waals surface area (Å²) in [7, 11) is 0. The van der Waals surface area contributed by atoms with Crippen LogP contribution in [0.15, 0.2) is 18.2 Å². The lowest BCUT2D eigenvalue weighted by Gasteiger charge is -2.21. The molecule has 2 aliphatic rings. The van der Waals surface area contributed by atoms with Crippen molar-refractivity contribution in [1.29, 1.82) is 0 Å². The van der Waals surface area contributed by atoms with E-state index in [1.54, 1.807) is 0 Å². The molecule has 1 aliphatic carbocycles. The Kier molecular flexibility index (Phi) is 4.43. The van der Waals surface area contributed by atoms with Crippen LogP contribution >= 0.6 is 11.6 Å². The third kappa shape index (κ3) is 3.20. The van der Waals surface area contributed by atoms with Crippen molar-refractivity contribution in [2.45, 2.75) is 45.4 Å². The van der Waals surface area contributed by atoms with Crippen molar-refractivity contribution in [3.05, 3.63) is 28.8 Å². The van der Waals surface area contributed by atoms with Crippen LogP contribution in [0.2, 0.25) is 5.02 Å². The van der Waals surface area contributed by atoms with Gasteiger partial charge in [0.25, 0.3) is 0 Å². The van der Waals surface area contributed by atoms with E-state index in [4.69, 9.17) is 11.6 Å². The monoisotopic (exact) mass is 308 g/mol. The van der Waals surface area contributed by atoms with E-state index in [0.717, 1.165) is 43.1 Å². The standard InChI is InChI=1S/C17H25ClN2O/c1-11(2)19-8-12-3-5-14(7-16(12)18)20-9-13-4-6-17(21)15(13)10-20/h3,5,7,11,13,15,17,19,21H,4,6,8-10H2,1-2H3. The summed E-state index contributed by atoms with van der Waals surface area (Å²) >= 11 is 6.42. The van der Waals surface area contributed by atoms with Crippen molar-refractivity contribution in [3.8, 4) is 0 Å². The number of halogens is 1. The van der Waals surface area contributed by atoms with Crippen molar-refractivity contribution in [1.82, 2.24) is 5.32 Å². The minimum atomic E-state index is -0.106. The molecule has 0 aromatic heterocycles. The Labute approximate surface area is 132 Å². The van der Waals surface area contributed by atoms with Gasteiger partial charge in [-0.3, -0.25) is 0 Å². The van der Waals surface area contributed by atoms with Crippen molar-refractivity contribution >= 4 is 17.3 Å². The average Bonchev–Trinajstić information content (AvgIpc) is 3.00. The first kappa shape index (κ1) is 15.1. The topological polar surface area (TPSA) is 35.5 Å². The quantitative estimate of drug-likeness (QED) is 0.897. The zero-order valence-corrected chi connectivity index (χ0v) is 13.6. The van der Waals surface area contributed by atoms with Crippen molar-refractivity contribution < 1.29 is 5.11 Å². The highest BCUT2D eigenvalue weighted by Gasteiger charge is 2.41. The summed E-state index contributed by atoms with van der Waals surface area (Å²) in [4.78, 5) is 2.38. The predicted molar refractivity (Wildman–Crippen MR) is 87.9 cm³/mol. The maximum Gasteiger partial charge on any atom is 0.0588 e. The number of hydrogen-bond donors (Lipinski definition) is 2. The average molecular weight is 309 g/mol. The molecule has 3 unspecified atom stereocenters. The molecule has 116 valence electrons. The van der Waals surface area contributed by atoms with Crippen molar-refractivity contribution in [2.75, 3.05) is 18.0 Å². The Morgan fingerprint density at radius 3 is 2.81 bits per heavy atom. The molecule has 1 saturated carbocycles. The summed E-state index contributed by atoms with van der Waals surface area (Å²) in [5, 5.41) is 14.3. The fraction of sp³-hybridized carbons (Fsp3) is 0.647. The minimum Gasteiger partial charge on any atom is -0.393 e. The number of anilines is 1. The Morgan fingerprint density at radius 1 is 1.33 bits per heavy atom. The largest absolute Gasteiger partial charge is 0.393 e. The number of rotatable bonds is 4. The van der Waals surface area contributed by atoms with E-state index in [0.29, 0.717) is 17.9 Å². The van der Waals surface area contributed by atoms with Gasteiger partial charge in [-0.2, -0.15) is 0 Å². The minimum absolute atomic E-state index is 0.106. The van der Waals surface area contributed by atoms with E-state index in [9.17, 15) is 5.11 Å². The summed E-state index contributed by atoms with van der Waals surface area (Å²) < 4.78 is 0. The molecule has 2 fully saturated rings. The van der Waals surface area contributed by atoms with Gasteiger partial charge in [-0.1, -0.05) is 31.5 Å². The Balaban J connectivity index is 1.68. The molecule has 0 spiro atoms. The van der Waals surface area contributed by atoms with E-state index in [1.807, 2.05) is 0 Å². The highest BCUT2D eigenvalue weighted by Crippen LogP contribution is 2.40. The fourth-order valence-corrected chi connectivity index (χ4v) is 3.88. The lowest BCUT2D eigenvalue weighted by atomic mass is 10.00. The summed E-state index contributed by atoms with van der Waals surface area (Å²) in [5.74, 6) is 1.10. The number of nitrogens with one attached hydrogen (secondary N) is 1. The maximum atomic E-state index is 10.0. The number of aliphatic hydroxyl groups excluding tert-OH is 1. The van der Waals surface area contributed by atoms with Crippen molar-refractivity contribution in [3.63, 3.8) is 0 Å². The van der Waals surface area contributed by atoms with E-state index in [2.05, 4.69) is 42.3 Å². The van der Waals surface area contributed by atoms with E-state index < -0.39 is 0 Å². The summed E-state index contributed by atoms with van der Waals surface area (Å²) in [6, 6.07) is 6.82. The highest BCUT2D eigenvalue weighted by molar-refractivity contribution is 6.31. The molecule has 1 heterocycles. The van der Waals surface area contributed by atoms with E-state index >= 15 is 0 Å². The first-order valence-electron chi connectivity index (χ1n) is 7.99. The van der Waals surface area contributed by atoms with Gasteiger partial charge in [-0.25, -0.2) is 0 Å². The van der Waals surface area contributed by atoms with E-state index in [-0.39, 0.29) is 6.10 Å². The van der Waals surface area contributed by atoms with Gasteiger partial charge in [0.15, 0.2) is 0 Å². The Bertz CT molecular complexity index is 506. The lowest BCUT2D eigenvalue weighted by molar-refractivity contribution is 0.133. The fourth-order valence-electron chi connectivity index (χ4n) is 3.64. The molecule has 1 saturated heterocycles. The normalized spacial score (nSPS) is 28.4. The van der Waals surface area contributed by atoms with Gasteiger partial charge in [0.1, 0.15) is 0 Å². The smallest absolute Gasteiger partial charge is 0.0588 e. The van der Waals surface area contributed by atoms with Crippen LogP contribution in [0.25, 0.3) is 0 Å². The molecule has 4 heteroatoms. The zero-order chi connectivity index (χ0) is 15.0. The molecular weight excluding hydrogens is 284 g/mol. The summed E-state index contributed by atoms with van der Waals surface area (Å²) in [5.41, 5.74) is 2.34. The Hall–Kier alpha value is -0.770. The molecule has 3 rings (SSSR count). The summed E-state index contributed by atoms with van der Waals surface area (Å²) in [6.07, 6.45) is 2.03. The molecule has 3 atom stereocenters. The number of aliphatic hydroxyl groups is 1. The van der Waals surface area contributed by atoms with Crippen LogP contribution < -0.4 is 10.2 Å². The van der Waals surface area contributed by atoms with Crippen molar-refractivity contribution in [2.24, 2.45) is 11.8 Å². The second kappa shape index (κ2) is 6.15. The molecule has 0 bridgehead atoms. The second-order valence-electron chi connectivity index (χ2n) is 6.78. The van der Waals surface area contributed by atoms with Crippen LogP contribution in [-0.4, -0.2) is 30.3 Å². The van der Waals surface area contributed by atoms with Gasteiger partial charge in [-0.05, 0) is 36.5 Å². The molecule has 0 radical (unpaired) electrons. The van der Waals surface area contributed by atoms with Crippen LogP contribution in [0.4, 0.5) is 5.69 Å². The van der Waals surface area contributed by atoms with Gasteiger partial charge in [0.2, 0.25) is 0 Å². The first-order valence-corrected chi connectivity index (χ1v) is 8.37. The lowest BCUT2D eigenvalue weighted by Crippen LogP contribution is -2.24. The number of hydrogen-bond acceptors (Lipinski definition) is 3. The second-order valence-corrected chi connectivity index (χ2v) is 7.19. The van der Waals surface area contributed by atoms with Gasteiger partial charge in [-0.15, -0.1) is 0 Å². The molecular formula is C17H25ClN2O. The third-order valence-corrected chi connectivity index (χ3v) is 5.27. The molecule has 3 nitrogen and oxygen atoms in total. The first-order chi connectivity index (χ1) is 10.0. The molecule has 21 heavy (non-hydrogen) atoms. The zero-order valence-electron chi connectivity index (χ0n) is 12.8. The van der Waals surface area contributed by atoms with E-state index in [1.165, 1.54) is 5.69 Å². The predicted octanol–water partition coefficient (Wildman–Crippen LogP) is 3.05. The Morgan fingerprint density at radius 2 is 2.14 bits per heavy atom. The van der Waals surface area contributed by atoms with Crippen LogP contribution in [0.1, 0.15) is 32.3 Å². The maximum absolute atomic E-state index is 10.0. The molecule has 0 amide bonds. The highest BCUT2D eigenvalue weighted by atomic mass is 35.5. The van der Waals surface area contributed by atoms with Gasteiger partial charge in [0, 0.05) is 42.3 Å². The molecule has 1 aliphatic heterocycles. The third-order valence-electron chi connectivity index (χ3n) is 4.92. The molecule has 2 N–H and O–H groups in total. The van der Waals surface area contributed by atoms with Gasteiger partial charge in [0.05, 0.1) is 6.10 Å². The SMILES string of the molecule is CC(C)NCc1ccc(N2CC3CCC(O)C3C2)cc1Cl. The van der Waals surface area contributed by atoms with Crippen LogP contribution in [0.3, 0.4) is 0 Å². The van der Waals surface area contributed by atoms with Crippen LogP contribution in [-0.2, 0) is 6.54 Å². The van der Waals surface area contributed by atoms with Gasteiger partial charge < -0.3 is 15.3 Å². The number of benzene rings is 1. The van der Waals surface area contributed by atoms with Gasteiger partial charge >= 0.3 is 0 Å². The number of fused-ring (bicyclic) bond motifs is 1. The molecule has 1 aromatic carbocycles. The molecule has 1 aromatic rings. The van der Waals surface area contributed by atoms with Crippen LogP contribution in [0.5, 0.6) is 0 Å². The summed E-state index contributed by atoms with van der Waals surface area (Å²) in [6.45, 7) is 7.10. The number of nitrogens with zero attached hydrogens (tertiary/aromatic N) is 1. The van der Waals surface area contributed by atoms with Crippen LogP contribution in [0, 0.1) is 11.8 Å².